The Labute approximate surface area is 204 Å². The van der Waals surface area contributed by atoms with E-state index in [1.807, 2.05) is 25.4 Å². The second-order valence-corrected chi connectivity index (χ2v) is 10.7. The van der Waals surface area contributed by atoms with Gasteiger partial charge in [-0.3, -0.25) is 0 Å². The van der Waals surface area contributed by atoms with Crippen molar-refractivity contribution < 1.29 is 14.0 Å². The predicted octanol–water partition coefficient (Wildman–Crippen LogP) is 4.38. The summed E-state index contributed by atoms with van der Waals surface area (Å²) in [5, 5.41) is 4.60. The number of rotatable bonds is 4. The van der Waals surface area contributed by atoms with Gasteiger partial charge in [-0.05, 0) is 73.1 Å². The minimum absolute atomic E-state index is 0.0400. The first-order chi connectivity index (χ1) is 17.1. The van der Waals surface area contributed by atoms with Gasteiger partial charge >= 0.3 is 0 Å². The third kappa shape index (κ3) is 3.47. The fraction of sp³-hybridized carbons (Fsp3) is 0.429. The Kier molecular flexibility index (Phi) is 4.78. The van der Waals surface area contributed by atoms with Crippen LogP contribution in [0.2, 0.25) is 0 Å². The van der Waals surface area contributed by atoms with Crippen LogP contribution in [0.4, 0.5) is 4.39 Å². The average Bonchev–Trinajstić information content (AvgIpc) is 3.25. The Morgan fingerprint density at radius 3 is 2.60 bits per heavy atom. The van der Waals surface area contributed by atoms with Crippen LogP contribution in [0.25, 0.3) is 5.69 Å². The van der Waals surface area contributed by atoms with E-state index in [9.17, 15) is 4.39 Å². The van der Waals surface area contributed by atoms with Gasteiger partial charge in [0, 0.05) is 29.8 Å². The quantitative estimate of drug-likeness (QED) is 0.565. The van der Waals surface area contributed by atoms with Crippen molar-refractivity contribution in [2.45, 2.75) is 38.6 Å². The van der Waals surface area contributed by atoms with Gasteiger partial charge in [0.05, 0.1) is 31.3 Å². The van der Waals surface area contributed by atoms with Crippen molar-refractivity contribution in [1.82, 2.24) is 14.5 Å². The molecule has 0 bridgehead atoms. The van der Waals surface area contributed by atoms with Crippen LogP contribution < -0.4 is 0 Å². The monoisotopic (exact) mass is 472 g/mol. The predicted molar refractivity (Wildman–Crippen MR) is 130 cm³/mol. The largest absolute Gasteiger partial charge is 0.392 e. The molecule has 7 heteroatoms. The van der Waals surface area contributed by atoms with E-state index in [0.29, 0.717) is 6.61 Å². The van der Waals surface area contributed by atoms with E-state index in [1.165, 1.54) is 34.5 Å². The maximum atomic E-state index is 13.6. The summed E-state index contributed by atoms with van der Waals surface area (Å²) in [4.78, 5) is 12.6. The number of amidine groups is 1. The van der Waals surface area contributed by atoms with Crippen molar-refractivity contribution in [3.8, 4) is 5.69 Å². The highest BCUT2D eigenvalue weighted by Gasteiger charge is 2.51. The highest BCUT2D eigenvalue weighted by molar-refractivity contribution is 5.86. The van der Waals surface area contributed by atoms with E-state index in [-0.39, 0.29) is 23.2 Å². The molecular formula is C28H29FN4O2. The number of oxime groups is 1. The van der Waals surface area contributed by atoms with Crippen LogP contribution in [0.1, 0.15) is 40.4 Å². The van der Waals surface area contributed by atoms with E-state index in [4.69, 9.17) is 9.57 Å². The van der Waals surface area contributed by atoms with E-state index < -0.39 is 0 Å². The average molecular weight is 473 g/mol. The summed E-state index contributed by atoms with van der Waals surface area (Å²) in [5.41, 5.74) is 7.85. The molecule has 1 aromatic heterocycles. The molecule has 4 aliphatic rings. The number of piperidine rings is 1. The van der Waals surface area contributed by atoms with E-state index in [1.54, 1.807) is 0 Å². The minimum Gasteiger partial charge on any atom is -0.392 e. The fourth-order valence-corrected chi connectivity index (χ4v) is 6.38. The fourth-order valence-electron chi connectivity index (χ4n) is 6.38. The van der Waals surface area contributed by atoms with Gasteiger partial charge in [0.25, 0.3) is 0 Å². The van der Waals surface area contributed by atoms with Gasteiger partial charge in [-0.25, -0.2) is 9.37 Å². The van der Waals surface area contributed by atoms with Crippen LogP contribution >= 0.6 is 0 Å². The maximum Gasteiger partial charge on any atom is 0.148 e. The molecule has 0 saturated carbocycles. The molecule has 2 aromatic carbocycles. The molecule has 1 aliphatic carbocycles. The highest BCUT2D eigenvalue weighted by atomic mass is 19.1. The topological polar surface area (TPSA) is 51.9 Å². The molecule has 0 radical (unpaired) electrons. The van der Waals surface area contributed by atoms with Gasteiger partial charge in [-0.2, -0.15) is 0 Å². The smallest absolute Gasteiger partial charge is 0.148 e. The zero-order chi connectivity index (χ0) is 23.6. The second kappa shape index (κ2) is 7.92. The number of aromatic nitrogens is 2. The van der Waals surface area contributed by atoms with Gasteiger partial charge in [0.1, 0.15) is 18.3 Å². The Bertz CT molecular complexity index is 1310. The molecule has 0 N–H and O–H groups in total. The molecule has 1 spiro atoms. The lowest BCUT2D eigenvalue weighted by molar-refractivity contribution is -0.145. The second-order valence-electron chi connectivity index (χ2n) is 10.7. The van der Waals surface area contributed by atoms with Crippen molar-refractivity contribution in [1.29, 1.82) is 0 Å². The van der Waals surface area contributed by atoms with Crippen LogP contribution in [-0.2, 0) is 28.8 Å². The molecule has 4 heterocycles. The molecule has 3 aromatic rings. The number of nitrogens with zero attached hydrogens (tertiary/aromatic N) is 4. The first-order valence-electron chi connectivity index (χ1n) is 12.5. The zero-order valence-electron chi connectivity index (χ0n) is 19.9. The molecule has 3 aliphatic heterocycles. The number of halogens is 1. The summed E-state index contributed by atoms with van der Waals surface area (Å²) in [6, 6.07) is 11.4. The number of hydrogen-bond acceptors (Lipinski definition) is 5. The lowest BCUT2D eigenvalue weighted by atomic mass is 9.70. The molecule has 0 amide bonds. The Morgan fingerprint density at radius 2 is 1.91 bits per heavy atom. The lowest BCUT2D eigenvalue weighted by Crippen LogP contribution is -2.61. The number of ether oxygens (including phenoxy) is 1. The molecule has 2 atom stereocenters. The third-order valence-corrected chi connectivity index (χ3v) is 8.27. The third-order valence-electron chi connectivity index (χ3n) is 8.27. The van der Waals surface area contributed by atoms with Crippen molar-refractivity contribution >= 4 is 5.84 Å². The van der Waals surface area contributed by atoms with Crippen molar-refractivity contribution in [2.24, 2.45) is 16.5 Å². The number of imidazole rings is 1. The number of benzene rings is 2. The molecule has 7 rings (SSSR count). The Morgan fingerprint density at radius 1 is 1.09 bits per heavy atom. The standard InChI is InChI=1S/C28H29FN4O2/c1-18-12-32(17-30-18)25-9-4-20(23-7-8-24(23)25)10-21-11-28(15-34-16-28)14-33-26(13-35-31-27(21)33)19-2-5-22(29)6-3-19/h2-6,9,12,17,21,26H,7-8,10-11,13-16H2,1H3. The highest BCUT2D eigenvalue weighted by Crippen LogP contribution is 2.46. The Balaban J connectivity index is 1.21. The minimum atomic E-state index is -0.216. The van der Waals surface area contributed by atoms with E-state index >= 15 is 0 Å². The Hall–Kier alpha value is -3.19. The SMILES string of the molecule is Cc1cn(-c2ccc(CC3CC4(COC4)CN4C3=NOCC4c3ccc(F)cc3)c3c2CC3)cn1. The van der Waals surface area contributed by atoms with Gasteiger partial charge in [0.2, 0.25) is 0 Å². The molecule has 2 unspecified atom stereocenters. The summed E-state index contributed by atoms with van der Waals surface area (Å²) in [5.74, 6) is 1.08. The van der Waals surface area contributed by atoms with Crippen molar-refractivity contribution in [3.63, 3.8) is 0 Å². The molecular weight excluding hydrogens is 443 g/mol. The maximum absolute atomic E-state index is 13.6. The van der Waals surface area contributed by atoms with Crippen molar-refractivity contribution in [2.75, 3.05) is 26.4 Å². The summed E-state index contributed by atoms with van der Waals surface area (Å²) in [6.45, 7) is 5.00. The molecule has 2 saturated heterocycles. The number of hydrogen-bond donors (Lipinski definition) is 0. The summed E-state index contributed by atoms with van der Waals surface area (Å²) in [7, 11) is 0. The first-order valence-corrected chi connectivity index (χ1v) is 12.5. The zero-order valence-corrected chi connectivity index (χ0v) is 19.9. The van der Waals surface area contributed by atoms with Gasteiger partial charge in [-0.1, -0.05) is 23.4 Å². The molecule has 2 fully saturated rings. The molecule has 35 heavy (non-hydrogen) atoms. The summed E-state index contributed by atoms with van der Waals surface area (Å²) in [6.07, 6.45) is 8.24. The van der Waals surface area contributed by atoms with E-state index in [0.717, 1.165) is 62.5 Å². The summed E-state index contributed by atoms with van der Waals surface area (Å²) >= 11 is 0. The lowest BCUT2D eigenvalue weighted by Gasteiger charge is -2.54. The first kappa shape index (κ1) is 21.1. The molecule has 6 nitrogen and oxygen atoms in total. The summed E-state index contributed by atoms with van der Waals surface area (Å²) < 4.78 is 21.5. The molecule has 180 valence electrons. The number of aryl methyl sites for hydroxylation is 1. The van der Waals surface area contributed by atoms with Crippen LogP contribution in [0.3, 0.4) is 0 Å². The van der Waals surface area contributed by atoms with Gasteiger partial charge < -0.3 is 19.0 Å². The van der Waals surface area contributed by atoms with Gasteiger partial charge in [-0.15, -0.1) is 0 Å². The number of fused-ring (bicyclic) bond motifs is 2. The normalized spacial score (nSPS) is 24.1. The van der Waals surface area contributed by atoms with Crippen LogP contribution in [0.5, 0.6) is 0 Å². The van der Waals surface area contributed by atoms with Crippen LogP contribution in [0, 0.1) is 24.1 Å². The van der Waals surface area contributed by atoms with Crippen molar-refractivity contribution in [3.05, 3.63) is 82.7 Å². The van der Waals surface area contributed by atoms with Crippen LogP contribution in [-0.4, -0.2) is 46.7 Å². The van der Waals surface area contributed by atoms with Crippen LogP contribution in [0.15, 0.2) is 54.1 Å². The van der Waals surface area contributed by atoms with Gasteiger partial charge in [0.15, 0.2) is 0 Å². The van der Waals surface area contributed by atoms with E-state index in [2.05, 4.69) is 37.9 Å².